The van der Waals surface area contributed by atoms with Crippen LogP contribution >= 0.6 is 24.0 Å². The van der Waals surface area contributed by atoms with Gasteiger partial charge in [-0.2, -0.15) is 0 Å². The van der Waals surface area contributed by atoms with Crippen molar-refractivity contribution >= 4 is 35.6 Å². The number of nitrogens with zero attached hydrogens (tertiary/aromatic N) is 2. The molecule has 2 heterocycles. The molecular formula is C26H37IN4O2. The van der Waals surface area contributed by atoms with Gasteiger partial charge in [0.05, 0.1) is 19.3 Å². The van der Waals surface area contributed by atoms with E-state index in [0.717, 1.165) is 58.1 Å². The molecule has 0 aromatic heterocycles. The van der Waals surface area contributed by atoms with Crippen LogP contribution in [0.1, 0.15) is 37.3 Å². The topological polar surface area (TPSA) is 58.1 Å². The second-order valence-corrected chi connectivity index (χ2v) is 8.55. The predicted molar refractivity (Wildman–Crippen MR) is 145 cm³/mol. The zero-order chi connectivity index (χ0) is 22.0. The molecule has 1 atom stereocenters. The van der Waals surface area contributed by atoms with Crippen LogP contribution in [-0.2, 0) is 22.6 Å². The molecule has 0 aliphatic carbocycles. The van der Waals surface area contributed by atoms with Crippen LogP contribution in [-0.4, -0.2) is 51.0 Å². The minimum Gasteiger partial charge on any atom is -0.381 e. The van der Waals surface area contributed by atoms with Crippen molar-refractivity contribution in [2.75, 3.05) is 37.7 Å². The Hall–Kier alpha value is -1.84. The smallest absolute Gasteiger partial charge is 0.191 e. The summed E-state index contributed by atoms with van der Waals surface area (Å²) in [5.41, 5.74) is 3.70. The van der Waals surface area contributed by atoms with Gasteiger partial charge in [0, 0.05) is 44.6 Å². The number of benzene rings is 2. The molecule has 0 radical (unpaired) electrons. The number of hydrogen-bond donors (Lipinski definition) is 2. The minimum atomic E-state index is 0. The summed E-state index contributed by atoms with van der Waals surface area (Å²) in [4.78, 5) is 7.29. The highest BCUT2D eigenvalue weighted by Gasteiger charge is 2.23. The van der Waals surface area contributed by atoms with Crippen LogP contribution < -0.4 is 15.5 Å². The molecule has 0 spiro atoms. The van der Waals surface area contributed by atoms with Gasteiger partial charge in [-0.1, -0.05) is 42.5 Å². The van der Waals surface area contributed by atoms with Gasteiger partial charge in [-0.05, 0) is 49.4 Å². The molecule has 33 heavy (non-hydrogen) atoms. The van der Waals surface area contributed by atoms with Crippen LogP contribution in [0.25, 0.3) is 0 Å². The average Bonchev–Trinajstić information content (AvgIpc) is 3.31. The van der Waals surface area contributed by atoms with Crippen LogP contribution in [0, 0.1) is 0 Å². The Labute approximate surface area is 215 Å². The van der Waals surface area contributed by atoms with Crippen LogP contribution in [0.5, 0.6) is 0 Å². The third kappa shape index (κ3) is 8.15. The van der Waals surface area contributed by atoms with E-state index < -0.39 is 0 Å². The van der Waals surface area contributed by atoms with Crippen LogP contribution in [0.2, 0.25) is 0 Å². The van der Waals surface area contributed by atoms with Gasteiger partial charge in [0.2, 0.25) is 0 Å². The minimum absolute atomic E-state index is 0. The Morgan fingerprint density at radius 3 is 2.64 bits per heavy atom. The summed E-state index contributed by atoms with van der Waals surface area (Å²) in [7, 11) is 0. The van der Waals surface area contributed by atoms with E-state index >= 15 is 0 Å². The quantitative estimate of drug-likeness (QED) is 0.284. The number of rotatable bonds is 8. The molecule has 1 unspecified atom stereocenters. The highest BCUT2D eigenvalue weighted by Crippen LogP contribution is 2.20. The highest BCUT2D eigenvalue weighted by atomic mass is 127. The molecule has 2 fully saturated rings. The molecule has 2 N–H and O–H groups in total. The van der Waals surface area contributed by atoms with E-state index in [1.54, 1.807) is 0 Å². The van der Waals surface area contributed by atoms with E-state index in [1.165, 1.54) is 16.8 Å². The van der Waals surface area contributed by atoms with E-state index in [0.29, 0.717) is 25.3 Å². The maximum Gasteiger partial charge on any atom is 0.191 e. The molecule has 2 aromatic carbocycles. The van der Waals surface area contributed by atoms with E-state index in [1.807, 2.05) is 0 Å². The third-order valence-electron chi connectivity index (χ3n) is 6.06. The molecular weight excluding hydrogens is 527 g/mol. The van der Waals surface area contributed by atoms with Gasteiger partial charge < -0.3 is 25.0 Å². The maximum absolute atomic E-state index is 6.08. The summed E-state index contributed by atoms with van der Waals surface area (Å²) in [5.74, 6) is 0.885. The van der Waals surface area contributed by atoms with Gasteiger partial charge in [0.25, 0.3) is 0 Å². The average molecular weight is 565 g/mol. The molecule has 0 bridgehead atoms. The number of guanidine groups is 1. The van der Waals surface area contributed by atoms with Gasteiger partial charge in [-0.25, -0.2) is 4.99 Å². The Balaban J connectivity index is 0.00000306. The largest absolute Gasteiger partial charge is 0.381 e. The van der Waals surface area contributed by atoms with Crippen LogP contribution in [0.3, 0.4) is 0 Å². The number of hydrogen-bond acceptors (Lipinski definition) is 4. The first-order chi connectivity index (χ1) is 15.8. The van der Waals surface area contributed by atoms with Gasteiger partial charge >= 0.3 is 0 Å². The Morgan fingerprint density at radius 2 is 1.85 bits per heavy atom. The molecule has 180 valence electrons. The molecule has 0 amide bonds. The molecule has 2 aliphatic heterocycles. The van der Waals surface area contributed by atoms with E-state index in [9.17, 15) is 0 Å². The van der Waals surface area contributed by atoms with Gasteiger partial charge in [-0.15, -0.1) is 24.0 Å². The molecule has 4 rings (SSSR count). The zero-order valence-corrected chi connectivity index (χ0v) is 21.9. The second kappa shape index (κ2) is 13.8. The normalized spacial score (nSPS) is 19.2. The second-order valence-electron chi connectivity index (χ2n) is 8.55. The number of ether oxygens (including phenoxy) is 2. The predicted octanol–water partition coefficient (Wildman–Crippen LogP) is 4.33. The summed E-state index contributed by atoms with van der Waals surface area (Å²) in [6, 6.07) is 19.6. The SMILES string of the molecule is CCNC(=NCc1cccc(COC2CCOCC2)c1)NC1CCN(c2ccccc2)C1.I. The lowest BCUT2D eigenvalue weighted by atomic mass is 10.1. The maximum atomic E-state index is 6.08. The Morgan fingerprint density at radius 1 is 1.06 bits per heavy atom. The fraction of sp³-hybridized carbons (Fsp3) is 0.500. The first-order valence-corrected chi connectivity index (χ1v) is 11.9. The number of nitrogens with one attached hydrogen (secondary N) is 2. The van der Waals surface area contributed by atoms with Gasteiger partial charge in [0.1, 0.15) is 0 Å². The summed E-state index contributed by atoms with van der Waals surface area (Å²) in [5, 5.41) is 7.03. The van der Waals surface area contributed by atoms with Crippen molar-refractivity contribution in [3.8, 4) is 0 Å². The molecule has 0 saturated carbocycles. The lowest BCUT2D eigenvalue weighted by molar-refractivity contribution is -0.0390. The summed E-state index contributed by atoms with van der Waals surface area (Å²) < 4.78 is 11.5. The summed E-state index contributed by atoms with van der Waals surface area (Å²) in [6.07, 6.45) is 3.41. The lowest BCUT2D eigenvalue weighted by Gasteiger charge is -2.22. The number of para-hydroxylation sites is 1. The lowest BCUT2D eigenvalue weighted by Crippen LogP contribution is -2.44. The van der Waals surface area contributed by atoms with Crippen molar-refractivity contribution in [3.63, 3.8) is 0 Å². The van der Waals surface area contributed by atoms with Crippen molar-refractivity contribution in [3.05, 3.63) is 65.7 Å². The first-order valence-electron chi connectivity index (χ1n) is 11.9. The van der Waals surface area contributed by atoms with Crippen molar-refractivity contribution in [2.45, 2.75) is 51.5 Å². The molecule has 2 aromatic rings. The Kier molecular flexibility index (Phi) is 10.8. The van der Waals surface area contributed by atoms with Gasteiger partial charge in [-0.3, -0.25) is 0 Å². The van der Waals surface area contributed by atoms with Crippen molar-refractivity contribution in [1.29, 1.82) is 0 Å². The molecule has 7 heteroatoms. The van der Waals surface area contributed by atoms with E-state index in [4.69, 9.17) is 14.5 Å². The monoisotopic (exact) mass is 564 g/mol. The summed E-state index contributed by atoms with van der Waals surface area (Å²) >= 11 is 0. The summed E-state index contributed by atoms with van der Waals surface area (Å²) in [6.45, 7) is 7.93. The molecule has 2 saturated heterocycles. The fourth-order valence-electron chi connectivity index (χ4n) is 4.31. The van der Waals surface area contributed by atoms with E-state index in [-0.39, 0.29) is 24.0 Å². The van der Waals surface area contributed by atoms with Crippen LogP contribution in [0.4, 0.5) is 5.69 Å². The first kappa shape index (κ1) is 25.8. The van der Waals surface area contributed by atoms with Crippen molar-refractivity contribution in [1.82, 2.24) is 10.6 Å². The zero-order valence-electron chi connectivity index (χ0n) is 19.5. The van der Waals surface area contributed by atoms with Crippen molar-refractivity contribution < 1.29 is 9.47 Å². The van der Waals surface area contributed by atoms with Gasteiger partial charge in [0.15, 0.2) is 5.96 Å². The van der Waals surface area contributed by atoms with Crippen LogP contribution in [0.15, 0.2) is 59.6 Å². The third-order valence-corrected chi connectivity index (χ3v) is 6.06. The number of halogens is 1. The highest BCUT2D eigenvalue weighted by molar-refractivity contribution is 14.0. The Bertz CT molecular complexity index is 858. The standard InChI is InChI=1S/C26H36N4O2.HI/c1-2-27-26(29-23-11-14-30(19-23)24-9-4-3-5-10-24)28-18-21-7-6-8-22(17-21)20-32-25-12-15-31-16-13-25;/h3-10,17,23,25H,2,11-16,18-20H2,1H3,(H2,27,28,29);1H. The van der Waals surface area contributed by atoms with Crippen molar-refractivity contribution in [2.24, 2.45) is 4.99 Å². The number of aliphatic imine (C=N–C) groups is 1. The molecule has 2 aliphatic rings. The fourth-order valence-corrected chi connectivity index (χ4v) is 4.31. The number of anilines is 1. The van der Waals surface area contributed by atoms with E-state index in [2.05, 4.69) is 77.1 Å². The molecule has 6 nitrogen and oxygen atoms in total.